The van der Waals surface area contributed by atoms with Crippen LogP contribution in [0.15, 0.2) is 24.3 Å². The summed E-state index contributed by atoms with van der Waals surface area (Å²) in [6.45, 7) is 5.81. The van der Waals surface area contributed by atoms with Crippen molar-refractivity contribution in [1.82, 2.24) is 9.80 Å². The summed E-state index contributed by atoms with van der Waals surface area (Å²) in [5.41, 5.74) is 8.09. The second-order valence-corrected chi connectivity index (χ2v) is 4.99. The van der Waals surface area contributed by atoms with Gasteiger partial charge < -0.3 is 15.5 Å². The van der Waals surface area contributed by atoms with Crippen LogP contribution in [0.1, 0.15) is 18.4 Å². The molecule has 1 aliphatic rings. The summed E-state index contributed by atoms with van der Waals surface area (Å²) in [7, 11) is 2.17. The Morgan fingerprint density at radius 3 is 2.65 bits per heavy atom. The second-order valence-electron chi connectivity index (χ2n) is 4.99. The smallest absolute Gasteiger partial charge is 0.0359 e. The van der Waals surface area contributed by atoms with Crippen molar-refractivity contribution in [3.8, 4) is 0 Å². The molecule has 94 valence electrons. The molecule has 0 spiro atoms. The first-order valence-electron chi connectivity index (χ1n) is 6.50. The van der Waals surface area contributed by atoms with Crippen molar-refractivity contribution >= 4 is 5.69 Å². The third-order valence-corrected chi connectivity index (χ3v) is 3.49. The third-order valence-electron chi connectivity index (χ3n) is 3.49. The van der Waals surface area contributed by atoms with Crippen LogP contribution in [-0.2, 0) is 6.54 Å². The molecule has 0 aliphatic carbocycles. The maximum atomic E-state index is 5.95. The Morgan fingerprint density at radius 1 is 1.24 bits per heavy atom. The molecule has 0 atom stereocenters. The largest absolute Gasteiger partial charge is 0.398 e. The van der Waals surface area contributed by atoms with Crippen molar-refractivity contribution in [3.05, 3.63) is 29.8 Å². The van der Waals surface area contributed by atoms with Crippen molar-refractivity contribution in [1.29, 1.82) is 0 Å². The van der Waals surface area contributed by atoms with Gasteiger partial charge in [-0.15, -0.1) is 0 Å². The number of likely N-dealkylation sites (N-methyl/N-ethyl adjacent to an activating group) is 1. The number of anilines is 1. The lowest BCUT2D eigenvalue weighted by atomic mass is 10.2. The summed E-state index contributed by atoms with van der Waals surface area (Å²) in [6, 6.07) is 8.13. The molecule has 0 unspecified atom stereocenters. The predicted molar refractivity (Wildman–Crippen MR) is 72.9 cm³/mol. The molecule has 1 aromatic carbocycles. The topological polar surface area (TPSA) is 32.5 Å². The number of nitrogens with zero attached hydrogens (tertiary/aromatic N) is 2. The number of nitrogens with two attached hydrogens (primary N) is 1. The van der Waals surface area contributed by atoms with Gasteiger partial charge in [-0.3, -0.25) is 0 Å². The van der Waals surface area contributed by atoms with Gasteiger partial charge in [-0.2, -0.15) is 0 Å². The number of likely N-dealkylation sites (tertiary alicyclic amines) is 1. The number of rotatable bonds is 5. The normalized spacial score (nSPS) is 16.8. The summed E-state index contributed by atoms with van der Waals surface area (Å²) in [5, 5.41) is 0. The molecular formula is C14H23N3. The Kier molecular flexibility index (Phi) is 4.40. The number of nitrogen functional groups attached to an aromatic ring is 1. The highest BCUT2D eigenvalue weighted by Crippen LogP contribution is 2.13. The fraction of sp³-hybridized carbons (Fsp3) is 0.571. The van der Waals surface area contributed by atoms with Crippen LogP contribution in [-0.4, -0.2) is 43.0 Å². The number of para-hydroxylation sites is 1. The Morgan fingerprint density at radius 2 is 1.94 bits per heavy atom. The molecule has 3 nitrogen and oxygen atoms in total. The third kappa shape index (κ3) is 3.72. The Hall–Kier alpha value is -1.06. The van der Waals surface area contributed by atoms with Crippen LogP contribution >= 0.6 is 0 Å². The maximum Gasteiger partial charge on any atom is 0.0359 e. The van der Waals surface area contributed by atoms with E-state index in [1.807, 2.05) is 12.1 Å². The SMILES string of the molecule is CN(CCN1CCCC1)Cc1ccccc1N. The molecule has 0 bridgehead atoms. The monoisotopic (exact) mass is 233 g/mol. The Bertz CT molecular complexity index is 345. The molecule has 0 saturated carbocycles. The minimum Gasteiger partial charge on any atom is -0.398 e. The average molecular weight is 233 g/mol. The summed E-state index contributed by atoms with van der Waals surface area (Å²) in [6.07, 6.45) is 2.74. The van der Waals surface area contributed by atoms with Crippen LogP contribution in [0.2, 0.25) is 0 Å². The number of hydrogen-bond acceptors (Lipinski definition) is 3. The van der Waals surface area contributed by atoms with Gasteiger partial charge >= 0.3 is 0 Å². The molecule has 1 heterocycles. The first kappa shape index (κ1) is 12.4. The first-order chi connectivity index (χ1) is 8.25. The van der Waals surface area contributed by atoms with E-state index in [1.165, 1.54) is 38.0 Å². The molecule has 0 amide bonds. The minimum atomic E-state index is 0.903. The molecule has 1 aliphatic heterocycles. The standard InChI is InChI=1S/C14H23N3/c1-16(10-11-17-8-4-5-9-17)12-13-6-2-3-7-14(13)15/h2-3,6-7H,4-5,8-12,15H2,1H3. The van der Waals surface area contributed by atoms with Crippen molar-refractivity contribution in [2.45, 2.75) is 19.4 Å². The van der Waals surface area contributed by atoms with Gasteiger partial charge in [0.05, 0.1) is 0 Å². The van der Waals surface area contributed by atoms with Gasteiger partial charge in [0.25, 0.3) is 0 Å². The number of hydrogen-bond donors (Lipinski definition) is 1. The molecule has 1 saturated heterocycles. The van der Waals surface area contributed by atoms with Crippen LogP contribution in [0, 0.1) is 0 Å². The van der Waals surface area contributed by atoms with Crippen molar-refractivity contribution in [3.63, 3.8) is 0 Å². The lowest BCUT2D eigenvalue weighted by Gasteiger charge is -2.21. The molecule has 0 aromatic heterocycles. The summed E-state index contributed by atoms with van der Waals surface area (Å²) in [5.74, 6) is 0. The molecule has 2 rings (SSSR count). The zero-order valence-corrected chi connectivity index (χ0v) is 10.7. The molecule has 17 heavy (non-hydrogen) atoms. The lowest BCUT2D eigenvalue weighted by Crippen LogP contribution is -2.31. The van der Waals surface area contributed by atoms with E-state index in [2.05, 4.69) is 29.0 Å². The molecule has 0 radical (unpaired) electrons. The van der Waals surface area contributed by atoms with Crippen LogP contribution in [0.25, 0.3) is 0 Å². The maximum absolute atomic E-state index is 5.95. The highest BCUT2D eigenvalue weighted by Gasteiger charge is 2.12. The second kappa shape index (κ2) is 6.03. The Balaban J connectivity index is 1.76. The quantitative estimate of drug-likeness (QED) is 0.787. The number of benzene rings is 1. The highest BCUT2D eigenvalue weighted by molar-refractivity contribution is 5.46. The van der Waals surface area contributed by atoms with E-state index in [1.54, 1.807) is 0 Å². The molecule has 3 heteroatoms. The fourth-order valence-corrected chi connectivity index (χ4v) is 2.37. The summed E-state index contributed by atoms with van der Waals surface area (Å²) >= 11 is 0. The van der Waals surface area contributed by atoms with E-state index in [0.717, 1.165) is 18.8 Å². The van der Waals surface area contributed by atoms with E-state index in [0.29, 0.717) is 0 Å². The van der Waals surface area contributed by atoms with Crippen molar-refractivity contribution in [2.24, 2.45) is 0 Å². The van der Waals surface area contributed by atoms with Crippen molar-refractivity contribution in [2.75, 3.05) is 39.0 Å². The molecule has 1 aromatic rings. The average Bonchev–Trinajstić information content (AvgIpc) is 2.82. The summed E-state index contributed by atoms with van der Waals surface area (Å²) < 4.78 is 0. The Labute approximate surface area is 104 Å². The van der Waals surface area contributed by atoms with E-state index in [-0.39, 0.29) is 0 Å². The van der Waals surface area contributed by atoms with Crippen LogP contribution in [0.5, 0.6) is 0 Å². The fourth-order valence-electron chi connectivity index (χ4n) is 2.37. The highest BCUT2D eigenvalue weighted by atomic mass is 15.2. The summed E-state index contributed by atoms with van der Waals surface area (Å²) in [4.78, 5) is 4.90. The van der Waals surface area contributed by atoms with Gasteiger partial charge in [0.1, 0.15) is 0 Å². The van der Waals surface area contributed by atoms with Crippen LogP contribution < -0.4 is 5.73 Å². The van der Waals surface area contributed by atoms with E-state index in [9.17, 15) is 0 Å². The molecule has 2 N–H and O–H groups in total. The van der Waals surface area contributed by atoms with Gasteiger partial charge in [-0.1, -0.05) is 18.2 Å². The van der Waals surface area contributed by atoms with E-state index >= 15 is 0 Å². The van der Waals surface area contributed by atoms with Gasteiger partial charge in [-0.25, -0.2) is 0 Å². The van der Waals surface area contributed by atoms with Gasteiger partial charge in [0.2, 0.25) is 0 Å². The van der Waals surface area contributed by atoms with Crippen LogP contribution in [0.3, 0.4) is 0 Å². The van der Waals surface area contributed by atoms with E-state index in [4.69, 9.17) is 5.73 Å². The lowest BCUT2D eigenvalue weighted by molar-refractivity contribution is 0.252. The van der Waals surface area contributed by atoms with Crippen molar-refractivity contribution < 1.29 is 0 Å². The van der Waals surface area contributed by atoms with Gasteiger partial charge in [0.15, 0.2) is 0 Å². The van der Waals surface area contributed by atoms with E-state index < -0.39 is 0 Å². The van der Waals surface area contributed by atoms with Gasteiger partial charge in [-0.05, 0) is 44.6 Å². The predicted octanol–water partition coefficient (Wildman–Crippen LogP) is 1.80. The molecular weight excluding hydrogens is 210 g/mol. The first-order valence-corrected chi connectivity index (χ1v) is 6.50. The van der Waals surface area contributed by atoms with Gasteiger partial charge in [0, 0.05) is 25.3 Å². The molecule has 1 fully saturated rings. The zero-order valence-electron chi connectivity index (χ0n) is 10.7. The van der Waals surface area contributed by atoms with Crippen LogP contribution in [0.4, 0.5) is 5.69 Å². The minimum absolute atomic E-state index is 0.903. The zero-order chi connectivity index (χ0) is 12.1.